The van der Waals surface area contributed by atoms with Crippen LogP contribution in [0.2, 0.25) is 0 Å². The minimum atomic E-state index is 0.169. The van der Waals surface area contributed by atoms with Gasteiger partial charge in [-0.1, -0.05) is 19.1 Å². The molecule has 1 fully saturated rings. The van der Waals surface area contributed by atoms with Crippen molar-refractivity contribution in [3.63, 3.8) is 0 Å². The SMILES string of the molecule is C[C@@]12[CH]CCCC(=O)C1C=CCC2. The molecular formula is C12H17O. The number of Topliss-reactive ketones (excluding diaryl/α,β-unsaturated/α-hetero) is 1. The maximum Gasteiger partial charge on any atom is 0.140 e. The van der Waals surface area contributed by atoms with E-state index in [1.54, 1.807) is 0 Å². The summed E-state index contributed by atoms with van der Waals surface area (Å²) in [5.41, 5.74) is 0.169. The molecule has 0 N–H and O–H groups in total. The van der Waals surface area contributed by atoms with Crippen molar-refractivity contribution in [3.05, 3.63) is 18.6 Å². The second-order valence-corrected chi connectivity index (χ2v) is 4.51. The van der Waals surface area contributed by atoms with Crippen molar-refractivity contribution in [3.8, 4) is 0 Å². The Kier molecular flexibility index (Phi) is 2.27. The van der Waals surface area contributed by atoms with Crippen LogP contribution in [-0.4, -0.2) is 5.78 Å². The molecule has 0 heterocycles. The standard InChI is InChI=1S/C12H17O/c1-12-8-4-2-6-10(12)11(13)7-3-5-9-12/h2,6,9-10H,3-5,7-8H2,1H3/t10?,12-/m1/s1. The second kappa shape index (κ2) is 3.28. The van der Waals surface area contributed by atoms with Crippen LogP contribution in [0.3, 0.4) is 0 Å². The highest BCUT2D eigenvalue weighted by Crippen LogP contribution is 2.44. The predicted molar refractivity (Wildman–Crippen MR) is 53.1 cm³/mol. The summed E-state index contributed by atoms with van der Waals surface area (Å²) in [5, 5.41) is 0. The highest BCUT2D eigenvalue weighted by molar-refractivity contribution is 5.84. The van der Waals surface area contributed by atoms with Gasteiger partial charge in [-0.3, -0.25) is 4.79 Å². The highest BCUT2D eigenvalue weighted by atomic mass is 16.1. The molecule has 2 rings (SSSR count). The summed E-state index contributed by atoms with van der Waals surface area (Å²) in [7, 11) is 0. The van der Waals surface area contributed by atoms with Crippen molar-refractivity contribution >= 4 is 5.78 Å². The monoisotopic (exact) mass is 177 g/mol. The van der Waals surface area contributed by atoms with Crippen LogP contribution in [0, 0.1) is 17.8 Å². The van der Waals surface area contributed by atoms with E-state index in [1.165, 1.54) is 0 Å². The van der Waals surface area contributed by atoms with Crippen molar-refractivity contribution in [2.75, 3.05) is 0 Å². The molecule has 2 aliphatic carbocycles. The minimum Gasteiger partial charge on any atom is -0.299 e. The molecule has 0 saturated heterocycles. The maximum atomic E-state index is 11.8. The van der Waals surface area contributed by atoms with Gasteiger partial charge in [0.1, 0.15) is 5.78 Å². The van der Waals surface area contributed by atoms with E-state index in [1.807, 2.05) is 0 Å². The number of hydrogen-bond acceptors (Lipinski definition) is 1. The summed E-state index contributed by atoms with van der Waals surface area (Å²) in [6.45, 7) is 2.24. The average Bonchev–Trinajstić information content (AvgIpc) is 2.26. The largest absolute Gasteiger partial charge is 0.299 e. The van der Waals surface area contributed by atoms with E-state index in [0.717, 1.165) is 32.1 Å². The zero-order valence-electron chi connectivity index (χ0n) is 8.25. The first-order valence-corrected chi connectivity index (χ1v) is 5.26. The molecule has 0 aliphatic heterocycles. The van der Waals surface area contributed by atoms with Gasteiger partial charge in [0, 0.05) is 12.3 Å². The van der Waals surface area contributed by atoms with Gasteiger partial charge in [-0.05, 0) is 37.5 Å². The summed E-state index contributed by atoms with van der Waals surface area (Å²) in [5.74, 6) is 0.635. The van der Waals surface area contributed by atoms with Gasteiger partial charge in [0.2, 0.25) is 0 Å². The van der Waals surface area contributed by atoms with Gasteiger partial charge in [-0.2, -0.15) is 0 Å². The van der Waals surface area contributed by atoms with Gasteiger partial charge in [0.25, 0.3) is 0 Å². The normalized spacial score (nSPS) is 39.8. The summed E-state index contributed by atoms with van der Waals surface area (Å²) in [6.07, 6.45) is 11.9. The average molecular weight is 177 g/mol. The smallest absolute Gasteiger partial charge is 0.140 e. The van der Waals surface area contributed by atoms with Gasteiger partial charge < -0.3 is 0 Å². The fourth-order valence-corrected chi connectivity index (χ4v) is 2.57. The molecule has 13 heavy (non-hydrogen) atoms. The highest BCUT2D eigenvalue weighted by Gasteiger charge is 2.39. The molecule has 2 atom stereocenters. The quantitative estimate of drug-likeness (QED) is 0.520. The van der Waals surface area contributed by atoms with E-state index in [0.29, 0.717) is 5.78 Å². The van der Waals surface area contributed by atoms with Crippen LogP contribution in [0.4, 0.5) is 0 Å². The van der Waals surface area contributed by atoms with E-state index in [4.69, 9.17) is 0 Å². The number of ketones is 1. The van der Waals surface area contributed by atoms with Crippen LogP contribution in [-0.2, 0) is 4.79 Å². The van der Waals surface area contributed by atoms with Gasteiger partial charge in [-0.15, -0.1) is 0 Å². The first-order chi connectivity index (χ1) is 6.22. The molecule has 0 aromatic heterocycles. The van der Waals surface area contributed by atoms with Gasteiger partial charge in [0.15, 0.2) is 0 Å². The Labute approximate surface area is 80.2 Å². The van der Waals surface area contributed by atoms with E-state index < -0.39 is 0 Å². The lowest BCUT2D eigenvalue weighted by atomic mass is 9.67. The Bertz CT molecular complexity index is 242. The third-order valence-corrected chi connectivity index (χ3v) is 3.47. The molecule has 2 aliphatic rings. The van der Waals surface area contributed by atoms with Crippen LogP contribution in [0.1, 0.15) is 39.0 Å². The molecular weight excluding hydrogens is 160 g/mol. The van der Waals surface area contributed by atoms with E-state index in [9.17, 15) is 4.79 Å². The Morgan fingerprint density at radius 2 is 2.31 bits per heavy atom. The van der Waals surface area contributed by atoms with Crippen LogP contribution >= 0.6 is 0 Å². The van der Waals surface area contributed by atoms with Crippen LogP contribution < -0.4 is 0 Å². The molecule has 1 radical (unpaired) electrons. The fourth-order valence-electron chi connectivity index (χ4n) is 2.57. The molecule has 0 bridgehead atoms. The molecule has 0 aromatic rings. The van der Waals surface area contributed by atoms with Crippen molar-refractivity contribution in [2.24, 2.45) is 11.3 Å². The lowest BCUT2D eigenvalue weighted by Gasteiger charge is -2.36. The predicted octanol–water partition coefficient (Wildman–Crippen LogP) is 2.92. The zero-order chi connectivity index (χ0) is 9.31. The first-order valence-electron chi connectivity index (χ1n) is 5.26. The minimum absolute atomic E-state index is 0.169. The van der Waals surface area contributed by atoms with Gasteiger partial charge in [-0.25, -0.2) is 0 Å². The molecule has 0 amide bonds. The third-order valence-electron chi connectivity index (χ3n) is 3.47. The molecule has 1 unspecified atom stereocenters. The molecule has 1 saturated carbocycles. The Morgan fingerprint density at radius 3 is 3.15 bits per heavy atom. The van der Waals surface area contributed by atoms with E-state index in [2.05, 4.69) is 25.5 Å². The van der Waals surface area contributed by atoms with E-state index in [-0.39, 0.29) is 11.3 Å². The first kappa shape index (κ1) is 8.98. The number of rotatable bonds is 0. The van der Waals surface area contributed by atoms with E-state index >= 15 is 0 Å². The number of fused-ring (bicyclic) bond motifs is 1. The second-order valence-electron chi connectivity index (χ2n) is 4.51. The van der Waals surface area contributed by atoms with Crippen LogP contribution in [0.15, 0.2) is 12.2 Å². The maximum absolute atomic E-state index is 11.8. The number of carbonyl (C=O) groups is 1. The van der Waals surface area contributed by atoms with Crippen molar-refractivity contribution in [1.29, 1.82) is 0 Å². The fraction of sp³-hybridized carbons (Fsp3) is 0.667. The lowest BCUT2D eigenvalue weighted by Crippen LogP contribution is -2.32. The Morgan fingerprint density at radius 1 is 1.46 bits per heavy atom. The summed E-state index contributed by atoms with van der Waals surface area (Å²) >= 11 is 0. The molecule has 71 valence electrons. The number of allylic oxidation sites excluding steroid dienone is 2. The Balaban J connectivity index is 2.28. The zero-order valence-corrected chi connectivity index (χ0v) is 8.25. The van der Waals surface area contributed by atoms with Crippen molar-refractivity contribution < 1.29 is 4.79 Å². The van der Waals surface area contributed by atoms with Crippen molar-refractivity contribution in [2.45, 2.75) is 39.0 Å². The Hall–Kier alpha value is -0.590. The number of hydrogen-bond donors (Lipinski definition) is 0. The molecule has 1 nitrogen and oxygen atoms in total. The summed E-state index contributed by atoms with van der Waals surface area (Å²) in [6, 6.07) is 0. The topological polar surface area (TPSA) is 17.1 Å². The summed E-state index contributed by atoms with van der Waals surface area (Å²) < 4.78 is 0. The van der Waals surface area contributed by atoms with Gasteiger partial charge in [0.05, 0.1) is 0 Å². The molecule has 0 spiro atoms. The summed E-state index contributed by atoms with van der Waals surface area (Å²) in [4.78, 5) is 11.8. The molecule has 0 aromatic carbocycles. The lowest BCUT2D eigenvalue weighted by molar-refractivity contribution is -0.123. The van der Waals surface area contributed by atoms with Crippen LogP contribution in [0.5, 0.6) is 0 Å². The van der Waals surface area contributed by atoms with Crippen molar-refractivity contribution in [1.82, 2.24) is 0 Å². The van der Waals surface area contributed by atoms with Gasteiger partial charge >= 0.3 is 0 Å². The third kappa shape index (κ3) is 1.56. The van der Waals surface area contributed by atoms with Crippen LogP contribution in [0.25, 0.3) is 0 Å². The molecule has 1 heteroatoms. The number of carbonyl (C=O) groups excluding carboxylic acids is 1.